The van der Waals surface area contributed by atoms with Crippen LogP contribution in [0.4, 0.5) is 0 Å². The predicted molar refractivity (Wildman–Crippen MR) is 88.6 cm³/mol. The second kappa shape index (κ2) is 8.04. The van der Waals surface area contributed by atoms with E-state index in [0.717, 1.165) is 43.7 Å². The highest BCUT2D eigenvalue weighted by Gasteiger charge is 2.15. The standard InChI is InChI=1S/C19H27NO/c1-4-13-20-18(19-12-11-17(6-3)21-19)14-16-9-7-15(5-2)8-10-16/h7-12,18,20H,4-6,13-14H2,1-3H3. The summed E-state index contributed by atoms with van der Waals surface area (Å²) in [5, 5.41) is 3.61. The number of hydrogen-bond donors (Lipinski definition) is 1. The summed E-state index contributed by atoms with van der Waals surface area (Å²) in [5.41, 5.74) is 2.75. The maximum Gasteiger partial charge on any atom is 0.121 e. The molecule has 0 radical (unpaired) electrons. The van der Waals surface area contributed by atoms with Gasteiger partial charge >= 0.3 is 0 Å². The fraction of sp³-hybridized carbons (Fsp3) is 0.474. The Morgan fingerprint density at radius 1 is 0.905 bits per heavy atom. The van der Waals surface area contributed by atoms with Crippen LogP contribution in [0, 0.1) is 0 Å². The third-order valence-electron chi connectivity index (χ3n) is 3.89. The molecule has 114 valence electrons. The fourth-order valence-corrected chi connectivity index (χ4v) is 2.51. The van der Waals surface area contributed by atoms with E-state index in [2.05, 4.69) is 62.5 Å². The molecule has 0 bridgehead atoms. The van der Waals surface area contributed by atoms with Gasteiger partial charge in [0.15, 0.2) is 0 Å². The first-order valence-corrected chi connectivity index (χ1v) is 8.16. The Labute approximate surface area is 128 Å². The molecule has 1 atom stereocenters. The van der Waals surface area contributed by atoms with Crippen LogP contribution in [0.3, 0.4) is 0 Å². The second-order valence-corrected chi connectivity index (χ2v) is 5.54. The van der Waals surface area contributed by atoms with Crippen LogP contribution in [-0.2, 0) is 19.3 Å². The quantitative estimate of drug-likeness (QED) is 0.761. The van der Waals surface area contributed by atoms with Crippen LogP contribution in [0.2, 0.25) is 0 Å². The van der Waals surface area contributed by atoms with Crippen molar-refractivity contribution >= 4 is 0 Å². The molecule has 1 N–H and O–H groups in total. The zero-order chi connectivity index (χ0) is 15.1. The van der Waals surface area contributed by atoms with Crippen molar-refractivity contribution < 1.29 is 4.42 Å². The maximum absolute atomic E-state index is 5.95. The zero-order valence-corrected chi connectivity index (χ0v) is 13.5. The first kappa shape index (κ1) is 15.8. The third-order valence-corrected chi connectivity index (χ3v) is 3.89. The van der Waals surface area contributed by atoms with E-state index >= 15 is 0 Å². The lowest BCUT2D eigenvalue weighted by Gasteiger charge is -2.16. The lowest BCUT2D eigenvalue weighted by Crippen LogP contribution is -2.23. The van der Waals surface area contributed by atoms with Crippen LogP contribution in [0.5, 0.6) is 0 Å². The Bertz CT molecular complexity index is 527. The molecule has 0 spiro atoms. The molecule has 0 amide bonds. The van der Waals surface area contributed by atoms with E-state index in [-0.39, 0.29) is 6.04 Å². The Morgan fingerprint density at radius 3 is 2.19 bits per heavy atom. The van der Waals surface area contributed by atoms with Crippen LogP contribution in [0.25, 0.3) is 0 Å². The van der Waals surface area contributed by atoms with Gasteiger partial charge in [0, 0.05) is 6.42 Å². The van der Waals surface area contributed by atoms with Crippen molar-refractivity contribution in [2.45, 2.75) is 52.5 Å². The second-order valence-electron chi connectivity index (χ2n) is 5.54. The van der Waals surface area contributed by atoms with E-state index in [4.69, 9.17) is 4.42 Å². The summed E-state index contributed by atoms with van der Waals surface area (Å²) in [6.45, 7) is 7.52. The average molecular weight is 285 g/mol. The number of aryl methyl sites for hydroxylation is 2. The molecule has 21 heavy (non-hydrogen) atoms. The Balaban J connectivity index is 2.10. The molecule has 0 saturated heterocycles. The van der Waals surface area contributed by atoms with E-state index in [0.29, 0.717) is 0 Å². The molecule has 0 aliphatic rings. The molecule has 0 saturated carbocycles. The van der Waals surface area contributed by atoms with Gasteiger partial charge in [-0.3, -0.25) is 0 Å². The molecule has 0 fully saturated rings. The smallest absolute Gasteiger partial charge is 0.121 e. The largest absolute Gasteiger partial charge is 0.464 e. The first-order valence-electron chi connectivity index (χ1n) is 8.16. The van der Waals surface area contributed by atoms with E-state index in [1.54, 1.807) is 0 Å². The summed E-state index contributed by atoms with van der Waals surface area (Å²) in [4.78, 5) is 0. The van der Waals surface area contributed by atoms with Crippen molar-refractivity contribution in [1.82, 2.24) is 5.32 Å². The van der Waals surface area contributed by atoms with E-state index in [1.807, 2.05) is 0 Å². The summed E-state index contributed by atoms with van der Waals surface area (Å²) in [6, 6.07) is 13.4. The minimum absolute atomic E-state index is 0.262. The van der Waals surface area contributed by atoms with Crippen LogP contribution in [-0.4, -0.2) is 6.54 Å². The summed E-state index contributed by atoms with van der Waals surface area (Å²) in [7, 11) is 0. The van der Waals surface area contributed by atoms with Gasteiger partial charge in [-0.05, 0) is 49.1 Å². The van der Waals surface area contributed by atoms with Crippen molar-refractivity contribution in [3.63, 3.8) is 0 Å². The SMILES string of the molecule is CCCNC(Cc1ccc(CC)cc1)c1ccc(CC)o1. The van der Waals surface area contributed by atoms with Crippen molar-refractivity contribution in [3.05, 3.63) is 59.0 Å². The Kier molecular flexibility index (Phi) is 6.06. The van der Waals surface area contributed by atoms with Crippen LogP contribution in [0.15, 0.2) is 40.8 Å². The normalized spacial score (nSPS) is 12.5. The number of furan rings is 1. The Morgan fingerprint density at radius 2 is 1.62 bits per heavy atom. The van der Waals surface area contributed by atoms with Crippen LogP contribution >= 0.6 is 0 Å². The van der Waals surface area contributed by atoms with Gasteiger partial charge in [0.1, 0.15) is 11.5 Å². The van der Waals surface area contributed by atoms with E-state index < -0.39 is 0 Å². The molecule has 2 aromatic rings. The summed E-state index contributed by atoms with van der Waals surface area (Å²) < 4.78 is 5.95. The molecule has 1 unspecified atom stereocenters. The molecular formula is C19H27NO. The average Bonchev–Trinajstić information content (AvgIpc) is 3.01. The third kappa shape index (κ3) is 4.47. The minimum atomic E-state index is 0.262. The molecule has 2 rings (SSSR count). The molecule has 0 aliphatic carbocycles. The van der Waals surface area contributed by atoms with Crippen LogP contribution in [0.1, 0.15) is 55.9 Å². The first-order chi connectivity index (χ1) is 10.3. The summed E-state index contributed by atoms with van der Waals surface area (Å²) >= 11 is 0. The van der Waals surface area contributed by atoms with Crippen molar-refractivity contribution in [2.24, 2.45) is 0 Å². The van der Waals surface area contributed by atoms with Gasteiger partial charge in [-0.25, -0.2) is 0 Å². The van der Waals surface area contributed by atoms with Crippen molar-refractivity contribution in [3.8, 4) is 0 Å². The van der Waals surface area contributed by atoms with Gasteiger partial charge in [-0.2, -0.15) is 0 Å². The predicted octanol–water partition coefficient (Wildman–Crippen LogP) is 4.69. The monoisotopic (exact) mass is 285 g/mol. The van der Waals surface area contributed by atoms with Gasteiger partial charge in [-0.15, -0.1) is 0 Å². The van der Waals surface area contributed by atoms with Gasteiger partial charge in [-0.1, -0.05) is 45.0 Å². The van der Waals surface area contributed by atoms with E-state index in [1.165, 1.54) is 11.1 Å². The van der Waals surface area contributed by atoms with Crippen molar-refractivity contribution in [2.75, 3.05) is 6.54 Å². The van der Waals surface area contributed by atoms with Gasteiger partial charge in [0.2, 0.25) is 0 Å². The van der Waals surface area contributed by atoms with Gasteiger partial charge < -0.3 is 9.73 Å². The molecule has 0 aliphatic heterocycles. The number of hydrogen-bond acceptors (Lipinski definition) is 2. The minimum Gasteiger partial charge on any atom is -0.464 e. The number of rotatable bonds is 8. The Hall–Kier alpha value is -1.54. The van der Waals surface area contributed by atoms with Gasteiger partial charge in [0.25, 0.3) is 0 Å². The zero-order valence-electron chi connectivity index (χ0n) is 13.5. The molecular weight excluding hydrogens is 258 g/mol. The topological polar surface area (TPSA) is 25.2 Å². The molecule has 1 aromatic carbocycles. The summed E-state index contributed by atoms with van der Waals surface area (Å²) in [6.07, 6.45) is 4.15. The highest BCUT2D eigenvalue weighted by molar-refractivity contribution is 5.24. The maximum atomic E-state index is 5.95. The highest BCUT2D eigenvalue weighted by atomic mass is 16.3. The van der Waals surface area contributed by atoms with Crippen LogP contribution < -0.4 is 5.32 Å². The lowest BCUT2D eigenvalue weighted by molar-refractivity contribution is 0.392. The molecule has 2 nitrogen and oxygen atoms in total. The number of nitrogens with one attached hydrogen (secondary N) is 1. The molecule has 2 heteroatoms. The molecule has 1 heterocycles. The molecule has 1 aromatic heterocycles. The van der Waals surface area contributed by atoms with E-state index in [9.17, 15) is 0 Å². The fourth-order valence-electron chi connectivity index (χ4n) is 2.51. The van der Waals surface area contributed by atoms with Gasteiger partial charge in [0.05, 0.1) is 6.04 Å². The van der Waals surface area contributed by atoms with Crippen molar-refractivity contribution in [1.29, 1.82) is 0 Å². The highest BCUT2D eigenvalue weighted by Crippen LogP contribution is 2.22. The number of benzene rings is 1. The lowest BCUT2D eigenvalue weighted by atomic mass is 10.0. The summed E-state index contributed by atoms with van der Waals surface area (Å²) in [5.74, 6) is 2.12.